The fourth-order valence-electron chi connectivity index (χ4n) is 1.28. The van der Waals surface area contributed by atoms with Crippen molar-refractivity contribution in [1.29, 1.82) is 0 Å². The molecule has 0 radical (unpaired) electrons. The summed E-state index contributed by atoms with van der Waals surface area (Å²) in [6.45, 7) is 6.55. The Morgan fingerprint density at radius 1 is 1.50 bits per heavy atom. The first-order valence-electron chi connectivity index (χ1n) is 4.56. The minimum atomic E-state index is -0.171. The first-order chi connectivity index (χ1) is 6.56. The van der Waals surface area contributed by atoms with E-state index in [1.807, 2.05) is 25.5 Å². The smallest absolute Gasteiger partial charge is 0.235 e. The molecule has 0 aliphatic rings. The molecule has 0 fully saturated rings. The molecule has 1 amide bonds. The maximum Gasteiger partial charge on any atom is 0.235 e. The molecule has 3 N–H and O–H groups in total. The van der Waals surface area contributed by atoms with Crippen LogP contribution in [0.4, 0.5) is 0 Å². The molecule has 0 aromatic carbocycles. The van der Waals surface area contributed by atoms with E-state index in [0.29, 0.717) is 13.0 Å². The Balaban J connectivity index is 2.68. The van der Waals surface area contributed by atoms with Crippen molar-refractivity contribution >= 4 is 5.91 Å². The highest BCUT2D eigenvalue weighted by Gasteiger charge is 2.07. The van der Waals surface area contributed by atoms with E-state index in [1.54, 1.807) is 0 Å². The van der Waals surface area contributed by atoms with Gasteiger partial charge in [0, 0.05) is 12.1 Å². The molecule has 14 heavy (non-hydrogen) atoms. The number of rotatable bonds is 3. The van der Waals surface area contributed by atoms with Gasteiger partial charge >= 0.3 is 0 Å². The second kappa shape index (κ2) is 4.23. The van der Waals surface area contributed by atoms with Gasteiger partial charge in [-0.2, -0.15) is 5.10 Å². The molecule has 5 nitrogen and oxygen atoms in total. The van der Waals surface area contributed by atoms with Crippen molar-refractivity contribution in [3.05, 3.63) is 17.0 Å². The van der Waals surface area contributed by atoms with Gasteiger partial charge in [0.15, 0.2) is 0 Å². The number of aryl methyl sites for hydroxylation is 2. The van der Waals surface area contributed by atoms with Crippen molar-refractivity contribution < 1.29 is 4.79 Å². The lowest BCUT2D eigenvalue weighted by Gasteiger charge is -2.03. The summed E-state index contributed by atoms with van der Waals surface area (Å²) < 4.78 is 1.83. The molecule has 0 spiro atoms. The van der Waals surface area contributed by atoms with Gasteiger partial charge < -0.3 is 0 Å². The van der Waals surface area contributed by atoms with Crippen LogP contribution in [0, 0.1) is 20.8 Å². The SMILES string of the molecule is Cc1nn(CCC(=O)NN)c(C)c1C. The number of hydrazine groups is 1. The fraction of sp³-hybridized carbons (Fsp3) is 0.556. The van der Waals surface area contributed by atoms with Crippen LogP contribution >= 0.6 is 0 Å². The number of nitrogens with zero attached hydrogens (tertiary/aromatic N) is 2. The number of nitrogens with two attached hydrogens (primary N) is 1. The third-order valence-electron chi connectivity index (χ3n) is 2.45. The predicted octanol–water partition coefficient (Wildman–Crippen LogP) is 0.188. The minimum absolute atomic E-state index is 0.171. The topological polar surface area (TPSA) is 72.9 Å². The van der Waals surface area contributed by atoms with Crippen LogP contribution in [0.25, 0.3) is 0 Å². The number of carbonyl (C=O) groups is 1. The van der Waals surface area contributed by atoms with Crippen molar-refractivity contribution in [1.82, 2.24) is 15.2 Å². The third kappa shape index (κ3) is 2.11. The second-order valence-corrected chi connectivity index (χ2v) is 3.34. The number of nitrogens with one attached hydrogen (secondary N) is 1. The molecule has 1 rings (SSSR count). The molecule has 78 valence electrons. The van der Waals surface area contributed by atoms with Crippen molar-refractivity contribution in [2.75, 3.05) is 0 Å². The number of hydrogen-bond acceptors (Lipinski definition) is 3. The Hall–Kier alpha value is -1.36. The van der Waals surface area contributed by atoms with E-state index >= 15 is 0 Å². The van der Waals surface area contributed by atoms with Gasteiger partial charge in [-0.1, -0.05) is 0 Å². The van der Waals surface area contributed by atoms with E-state index in [9.17, 15) is 4.79 Å². The van der Waals surface area contributed by atoms with Gasteiger partial charge in [0.25, 0.3) is 0 Å². The van der Waals surface area contributed by atoms with E-state index in [4.69, 9.17) is 5.84 Å². The van der Waals surface area contributed by atoms with Gasteiger partial charge in [-0.25, -0.2) is 5.84 Å². The Bertz CT molecular complexity index is 343. The molecule has 1 heterocycles. The largest absolute Gasteiger partial charge is 0.294 e. The van der Waals surface area contributed by atoms with E-state index in [0.717, 1.165) is 11.4 Å². The molecule has 0 aliphatic heterocycles. The lowest BCUT2D eigenvalue weighted by Crippen LogP contribution is -2.30. The van der Waals surface area contributed by atoms with Gasteiger partial charge in [0.1, 0.15) is 0 Å². The third-order valence-corrected chi connectivity index (χ3v) is 2.45. The van der Waals surface area contributed by atoms with Crippen LogP contribution in [0.2, 0.25) is 0 Å². The monoisotopic (exact) mass is 196 g/mol. The van der Waals surface area contributed by atoms with Crippen LogP contribution in [0.3, 0.4) is 0 Å². The fourth-order valence-corrected chi connectivity index (χ4v) is 1.28. The highest BCUT2D eigenvalue weighted by atomic mass is 16.2. The standard InChI is InChI=1S/C9H16N4O/c1-6-7(2)12-13(8(6)3)5-4-9(14)11-10/h4-5,10H2,1-3H3,(H,11,14). The molecule has 1 aromatic heterocycles. The summed E-state index contributed by atoms with van der Waals surface area (Å²) in [6, 6.07) is 0. The van der Waals surface area contributed by atoms with E-state index in [-0.39, 0.29) is 5.91 Å². The zero-order chi connectivity index (χ0) is 10.7. The van der Waals surface area contributed by atoms with Crippen LogP contribution in [0.5, 0.6) is 0 Å². The Kier molecular flexibility index (Phi) is 3.24. The van der Waals surface area contributed by atoms with Crippen LogP contribution in [0.15, 0.2) is 0 Å². The average molecular weight is 196 g/mol. The molecule has 5 heteroatoms. The summed E-state index contributed by atoms with van der Waals surface area (Å²) in [6.07, 6.45) is 0.359. The summed E-state index contributed by atoms with van der Waals surface area (Å²) in [5.41, 5.74) is 5.39. The first-order valence-corrected chi connectivity index (χ1v) is 4.56. The summed E-state index contributed by atoms with van der Waals surface area (Å²) >= 11 is 0. The summed E-state index contributed by atoms with van der Waals surface area (Å²) in [7, 11) is 0. The van der Waals surface area contributed by atoms with E-state index in [1.165, 1.54) is 5.56 Å². The van der Waals surface area contributed by atoms with Crippen molar-refractivity contribution in [3.8, 4) is 0 Å². The molecule has 0 aliphatic carbocycles. The Morgan fingerprint density at radius 2 is 2.14 bits per heavy atom. The highest BCUT2D eigenvalue weighted by molar-refractivity contribution is 5.75. The van der Waals surface area contributed by atoms with Gasteiger partial charge in [-0.3, -0.25) is 14.9 Å². The van der Waals surface area contributed by atoms with Gasteiger partial charge in [-0.15, -0.1) is 0 Å². The molecule has 0 atom stereocenters. The summed E-state index contributed by atoms with van der Waals surface area (Å²) in [5, 5.41) is 4.31. The van der Waals surface area contributed by atoms with Gasteiger partial charge in [-0.05, 0) is 26.3 Å². The van der Waals surface area contributed by atoms with Crippen molar-refractivity contribution in [2.24, 2.45) is 5.84 Å². The number of carbonyl (C=O) groups excluding carboxylic acids is 1. The average Bonchev–Trinajstić information content (AvgIpc) is 2.42. The quantitative estimate of drug-likeness (QED) is 0.412. The summed E-state index contributed by atoms with van der Waals surface area (Å²) in [5.74, 6) is 4.81. The van der Waals surface area contributed by atoms with Crippen LogP contribution in [-0.4, -0.2) is 15.7 Å². The molecule has 0 unspecified atom stereocenters. The maximum atomic E-state index is 10.9. The Morgan fingerprint density at radius 3 is 2.57 bits per heavy atom. The van der Waals surface area contributed by atoms with Crippen molar-refractivity contribution in [2.45, 2.75) is 33.7 Å². The zero-order valence-electron chi connectivity index (χ0n) is 8.79. The zero-order valence-corrected chi connectivity index (χ0v) is 8.79. The summed E-state index contributed by atoms with van der Waals surface area (Å²) in [4.78, 5) is 10.9. The van der Waals surface area contributed by atoms with Crippen LogP contribution in [-0.2, 0) is 11.3 Å². The van der Waals surface area contributed by atoms with Crippen LogP contribution in [0.1, 0.15) is 23.4 Å². The second-order valence-electron chi connectivity index (χ2n) is 3.34. The van der Waals surface area contributed by atoms with Crippen LogP contribution < -0.4 is 11.3 Å². The van der Waals surface area contributed by atoms with E-state index in [2.05, 4.69) is 10.5 Å². The van der Waals surface area contributed by atoms with Crippen molar-refractivity contribution in [3.63, 3.8) is 0 Å². The molecule has 0 saturated heterocycles. The molecular formula is C9H16N4O. The molecule has 0 saturated carbocycles. The highest BCUT2D eigenvalue weighted by Crippen LogP contribution is 2.10. The first kappa shape index (κ1) is 10.7. The lowest BCUT2D eigenvalue weighted by molar-refractivity contribution is -0.121. The number of aromatic nitrogens is 2. The minimum Gasteiger partial charge on any atom is -0.294 e. The van der Waals surface area contributed by atoms with Gasteiger partial charge in [0.05, 0.1) is 12.2 Å². The molecule has 1 aromatic rings. The molecular weight excluding hydrogens is 180 g/mol. The van der Waals surface area contributed by atoms with E-state index < -0.39 is 0 Å². The Labute approximate surface area is 83.2 Å². The number of amides is 1. The normalized spacial score (nSPS) is 10.3. The molecule has 0 bridgehead atoms. The predicted molar refractivity (Wildman–Crippen MR) is 53.4 cm³/mol. The van der Waals surface area contributed by atoms with Gasteiger partial charge in [0.2, 0.25) is 5.91 Å². The number of hydrogen-bond donors (Lipinski definition) is 2. The lowest BCUT2D eigenvalue weighted by atomic mass is 10.2. The maximum absolute atomic E-state index is 10.9.